The molecule has 1 atom stereocenters. The van der Waals surface area contributed by atoms with Gasteiger partial charge in [-0.25, -0.2) is 14.2 Å². The zero-order valence-electron chi connectivity index (χ0n) is 19.1. The molecule has 2 heterocycles. The second kappa shape index (κ2) is 8.95. The summed E-state index contributed by atoms with van der Waals surface area (Å²) in [6.07, 6.45) is -1.37. The molecule has 0 radical (unpaired) electrons. The van der Waals surface area contributed by atoms with Gasteiger partial charge in [-0.2, -0.15) is 18.3 Å². The van der Waals surface area contributed by atoms with Gasteiger partial charge in [-0.15, -0.1) is 0 Å². The molecule has 2 aromatic heterocycles. The molecule has 2 aromatic carbocycles. The fraction of sp³-hybridized carbons (Fsp3) is 0.120. The van der Waals surface area contributed by atoms with Crippen LogP contribution in [-0.4, -0.2) is 43.0 Å². The molecule has 1 aliphatic rings. The maximum absolute atomic E-state index is 14.6. The second-order valence-electron chi connectivity index (χ2n) is 8.47. The number of hydrogen-bond donors (Lipinski definition) is 4. The maximum Gasteiger partial charge on any atom is 0.425 e. The van der Waals surface area contributed by atoms with Crippen molar-refractivity contribution >= 4 is 17.7 Å². The highest BCUT2D eigenvalue weighted by atomic mass is 19.4. The highest BCUT2D eigenvalue weighted by Gasteiger charge is 2.61. The van der Waals surface area contributed by atoms with E-state index in [-0.39, 0.29) is 40.2 Å². The Morgan fingerprint density at radius 2 is 1.79 bits per heavy atom. The van der Waals surface area contributed by atoms with Crippen molar-refractivity contribution in [2.75, 3.05) is 5.43 Å². The van der Waals surface area contributed by atoms with Gasteiger partial charge in [-0.05, 0) is 41.0 Å². The summed E-state index contributed by atoms with van der Waals surface area (Å²) >= 11 is 0. The second-order valence-corrected chi connectivity index (χ2v) is 8.47. The number of halogens is 4. The fourth-order valence-electron chi connectivity index (χ4n) is 4.38. The Morgan fingerprint density at radius 1 is 1.03 bits per heavy atom. The summed E-state index contributed by atoms with van der Waals surface area (Å²) in [4.78, 5) is 27.1. The van der Waals surface area contributed by atoms with Gasteiger partial charge in [0.1, 0.15) is 18.2 Å². The predicted molar refractivity (Wildman–Crippen MR) is 125 cm³/mol. The third-order valence-electron chi connectivity index (χ3n) is 6.08. The number of rotatable bonds is 6. The summed E-state index contributed by atoms with van der Waals surface area (Å²) < 4.78 is 58.1. The Bertz CT molecular complexity index is 1570. The number of hydrazine groups is 1. The van der Waals surface area contributed by atoms with Crippen LogP contribution in [0.3, 0.4) is 0 Å². The van der Waals surface area contributed by atoms with Crippen LogP contribution < -0.4 is 10.9 Å². The van der Waals surface area contributed by atoms with E-state index in [0.29, 0.717) is 6.07 Å². The van der Waals surface area contributed by atoms with Crippen LogP contribution in [0.5, 0.6) is 0 Å². The Morgan fingerprint density at radius 3 is 2.47 bits per heavy atom. The van der Waals surface area contributed by atoms with Gasteiger partial charge in [0.05, 0.1) is 11.8 Å². The lowest BCUT2D eigenvalue weighted by Crippen LogP contribution is -2.41. The fourth-order valence-corrected chi connectivity index (χ4v) is 4.38. The Balaban J connectivity index is 1.41. The number of amides is 1. The first-order valence-corrected chi connectivity index (χ1v) is 11.0. The van der Waals surface area contributed by atoms with Crippen molar-refractivity contribution in [2.24, 2.45) is 0 Å². The van der Waals surface area contributed by atoms with E-state index in [0.717, 1.165) is 18.3 Å². The molecular weight excluding hydrogens is 510 g/mol. The van der Waals surface area contributed by atoms with Crippen molar-refractivity contribution in [3.63, 3.8) is 0 Å². The molecule has 0 saturated carbocycles. The van der Waals surface area contributed by atoms with Gasteiger partial charge in [0, 0.05) is 29.1 Å². The molecule has 0 fully saturated rings. The zero-order valence-corrected chi connectivity index (χ0v) is 19.1. The largest absolute Gasteiger partial charge is 0.478 e. The number of alkyl halides is 3. The number of anilines is 1. The van der Waals surface area contributed by atoms with Crippen LogP contribution in [0, 0.1) is 5.82 Å². The number of nitrogens with one attached hydrogen (secondary N) is 2. The number of aliphatic hydroxyl groups is 1. The van der Waals surface area contributed by atoms with E-state index in [1.165, 1.54) is 47.4 Å². The van der Waals surface area contributed by atoms with Crippen LogP contribution in [0.1, 0.15) is 21.5 Å². The van der Waals surface area contributed by atoms with E-state index in [1.54, 1.807) is 0 Å². The number of aromatic carboxylic acids is 1. The smallest absolute Gasteiger partial charge is 0.425 e. The summed E-state index contributed by atoms with van der Waals surface area (Å²) in [5.74, 6) is -2.54. The maximum atomic E-state index is 14.6. The molecule has 0 aliphatic heterocycles. The van der Waals surface area contributed by atoms with E-state index in [9.17, 15) is 32.3 Å². The minimum Gasteiger partial charge on any atom is -0.478 e. The Hall–Kier alpha value is -4.78. The molecule has 9 nitrogen and oxygen atoms in total. The van der Waals surface area contributed by atoms with Gasteiger partial charge in [0.15, 0.2) is 0 Å². The van der Waals surface area contributed by atoms with Crippen LogP contribution in [0.25, 0.3) is 22.3 Å². The molecule has 0 spiro atoms. The molecule has 1 aliphatic carbocycles. The molecule has 1 amide bonds. The lowest BCUT2D eigenvalue weighted by Gasteiger charge is -2.28. The minimum absolute atomic E-state index is 0.0170. The lowest BCUT2D eigenvalue weighted by atomic mass is 9.89. The molecule has 194 valence electrons. The van der Waals surface area contributed by atoms with Crippen LogP contribution in [0.15, 0.2) is 67.1 Å². The van der Waals surface area contributed by atoms with E-state index in [2.05, 4.69) is 20.9 Å². The van der Waals surface area contributed by atoms with Crippen molar-refractivity contribution in [3.8, 4) is 22.3 Å². The van der Waals surface area contributed by atoms with E-state index in [1.807, 2.05) is 0 Å². The number of fused-ring (bicyclic) bond motifs is 3. The van der Waals surface area contributed by atoms with Gasteiger partial charge in [-0.3, -0.25) is 20.3 Å². The number of pyridine rings is 1. The number of benzene rings is 2. The molecule has 38 heavy (non-hydrogen) atoms. The van der Waals surface area contributed by atoms with Gasteiger partial charge in [0.2, 0.25) is 5.60 Å². The van der Waals surface area contributed by atoms with Crippen molar-refractivity contribution in [1.82, 2.24) is 20.2 Å². The van der Waals surface area contributed by atoms with E-state index in [4.69, 9.17) is 5.11 Å². The number of carboxylic acid groups (broad SMARTS) is 1. The van der Waals surface area contributed by atoms with Crippen molar-refractivity contribution in [3.05, 3.63) is 89.6 Å². The quantitative estimate of drug-likeness (QED) is 0.222. The van der Waals surface area contributed by atoms with Gasteiger partial charge in [-0.1, -0.05) is 24.3 Å². The SMILES string of the molecule is O=C(Cn1cc(-c2cc(F)cc3c2-c2ccccc2C3(O)C(F)(F)F)cn1)NNc1ccc(C(=O)O)cn1. The van der Waals surface area contributed by atoms with Crippen LogP contribution in [0.4, 0.5) is 23.4 Å². The van der Waals surface area contributed by atoms with Crippen molar-refractivity contribution < 1.29 is 37.4 Å². The first kappa shape index (κ1) is 24.9. The highest BCUT2D eigenvalue weighted by Crippen LogP contribution is 2.57. The normalized spacial score (nSPS) is 16.0. The van der Waals surface area contributed by atoms with Gasteiger partial charge < -0.3 is 10.2 Å². The van der Waals surface area contributed by atoms with Crippen LogP contribution >= 0.6 is 0 Å². The molecule has 0 bridgehead atoms. The average Bonchev–Trinajstić information content (AvgIpc) is 3.44. The number of carbonyl (C=O) groups is 2. The zero-order chi connectivity index (χ0) is 27.2. The predicted octanol–water partition coefficient (Wildman–Crippen LogP) is 3.70. The van der Waals surface area contributed by atoms with Crippen LogP contribution in [0.2, 0.25) is 0 Å². The minimum atomic E-state index is -5.11. The average molecular weight is 527 g/mol. The molecule has 4 aromatic rings. The number of nitrogens with zero attached hydrogens (tertiary/aromatic N) is 3. The number of hydrogen-bond acceptors (Lipinski definition) is 6. The van der Waals surface area contributed by atoms with Crippen molar-refractivity contribution in [1.29, 1.82) is 0 Å². The Labute approximate surface area is 211 Å². The Kier molecular flexibility index (Phi) is 5.87. The number of carbonyl (C=O) groups excluding carboxylic acids is 1. The summed E-state index contributed by atoms with van der Waals surface area (Å²) in [6, 6.07) is 9.80. The van der Waals surface area contributed by atoms with E-state index < -0.39 is 40.6 Å². The highest BCUT2D eigenvalue weighted by molar-refractivity contribution is 5.92. The molecular formula is C25H17F4N5O4. The standard InChI is InChI=1S/C25H17F4N5O4/c26-15-7-17(22-16-3-1-2-4-18(16)24(38,19(22)8-15)25(27,28)29)14-10-31-34(11-14)12-21(35)33-32-20-6-5-13(9-30-20)23(36)37/h1-11,38H,12H2,(H,30,32)(H,33,35)(H,36,37). The molecule has 4 N–H and O–H groups in total. The summed E-state index contributed by atoms with van der Waals surface area (Å²) in [5.41, 5.74) is 0.833. The third kappa shape index (κ3) is 4.12. The summed E-state index contributed by atoms with van der Waals surface area (Å²) in [7, 11) is 0. The summed E-state index contributed by atoms with van der Waals surface area (Å²) in [5, 5.41) is 23.8. The topological polar surface area (TPSA) is 129 Å². The lowest BCUT2D eigenvalue weighted by molar-refractivity contribution is -0.246. The van der Waals surface area contributed by atoms with Gasteiger partial charge in [0.25, 0.3) is 5.91 Å². The molecule has 0 saturated heterocycles. The molecule has 13 heteroatoms. The first-order valence-electron chi connectivity index (χ1n) is 11.0. The number of aromatic nitrogens is 3. The van der Waals surface area contributed by atoms with E-state index >= 15 is 0 Å². The first-order chi connectivity index (χ1) is 18.0. The summed E-state index contributed by atoms with van der Waals surface area (Å²) in [6.45, 7) is -0.319. The monoisotopic (exact) mass is 527 g/mol. The molecule has 5 rings (SSSR count). The third-order valence-corrected chi connectivity index (χ3v) is 6.08. The van der Waals surface area contributed by atoms with Gasteiger partial charge >= 0.3 is 12.1 Å². The number of carboxylic acids is 1. The van der Waals surface area contributed by atoms with Crippen LogP contribution in [-0.2, 0) is 16.9 Å². The van der Waals surface area contributed by atoms with Crippen molar-refractivity contribution in [2.45, 2.75) is 18.3 Å². The molecule has 1 unspecified atom stereocenters.